The third-order valence-corrected chi connectivity index (χ3v) is 8.26. The molecule has 0 heterocycles. The van der Waals surface area contributed by atoms with Crippen LogP contribution >= 0.6 is 0 Å². The maximum Gasteiger partial charge on any atom is 0.407 e. The maximum absolute atomic E-state index is 12.4. The second-order valence-electron chi connectivity index (χ2n) is 13.6. The second kappa shape index (κ2) is 35.1. The molecule has 0 aliphatic rings. The summed E-state index contributed by atoms with van der Waals surface area (Å²) in [5, 5.41) is 10.5. The van der Waals surface area contributed by atoms with E-state index in [4.69, 9.17) is 37.9 Å². The molecule has 0 bridgehead atoms. The van der Waals surface area contributed by atoms with Gasteiger partial charge in [0, 0.05) is 32.6 Å². The molecule has 3 atom stereocenters. The van der Waals surface area contributed by atoms with E-state index in [1.165, 1.54) is 0 Å². The van der Waals surface area contributed by atoms with E-state index in [1.807, 2.05) is 6.92 Å². The van der Waals surface area contributed by atoms with Crippen LogP contribution in [0.15, 0.2) is 0 Å². The van der Waals surface area contributed by atoms with Crippen LogP contribution in [0, 0.1) is 11.8 Å². The van der Waals surface area contributed by atoms with Crippen LogP contribution in [-0.2, 0) is 66.7 Å². The van der Waals surface area contributed by atoms with Gasteiger partial charge in [0.1, 0.15) is 12.7 Å². The Morgan fingerprint density at radius 2 is 0.783 bits per heavy atom. The predicted molar refractivity (Wildman–Crippen MR) is 215 cm³/mol. The fourth-order valence-corrected chi connectivity index (χ4v) is 5.10. The van der Waals surface area contributed by atoms with Crippen molar-refractivity contribution in [3.05, 3.63) is 0 Å². The Bertz CT molecular complexity index is 1250. The molecule has 20 heteroatoms. The molecular weight excluding hydrogens is 792 g/mol. The molecule has 0 fully saturated rings. The van der Waals surface area contributed by atoms with Crippen LogP contribution in [0.1, 0.15) is 106 Å². The van der Waals surface area contributed by atoms with Crippen molar-refractivity contribution in [1.82, 2.24) is 21.3 Å². The Kier molecular flexibility index (Phi) is 32.3. The van der Waals surface area contributed by atoms with Gasteiger partial charge in [-0.05, 0) is 74.1 Å². The van der Waals surface area contributed by atoms with Crippen molar-refractivity contribution in [3.63, 3.8) is 0 Å². The van der Waals surface area contributed by atoms with Gasteiger partial charge in [0.15, 0.2) is 0 Å². The molecule has 0 aromatic carbocycles. The third-order valence-electron chi connectivity index (χ3n) is 8.26. The highest BCUT2D eigenvalue weighted by atomic mass is 16.6. The van der Waals surface area contributed by atoms with Crippen LogP contribution in [0.4, 0.5) is 9.59 Å². The lowest BCUT2D eigenvalue weighted by atomic mass is 10.1. The lowest BCUT2D eigenvalue weighted by Gasteiger charge is -2.19. The number of hydrogen-bond acceptors (Lipinski definition) is 16. The SMILES string of the molecule is CCOC(=O)C(C(=O)NCCCCCCNC(=O)OCC(C)OCC(C)OCCC(C)OC(=O)NCCCCCCNC(=O)C(C(=O)OCC)C(=O)OCC)C(=O)OCC. The minimum Gasteiger partial charge on any atom is -0.465 e. The summed E-state index contributed by atoms with van der Waals surface area (Å²) in [5.74, 6) is -8.61. The van der Waals surface area contributed by atoms with Crippen LogP contribution < -0.4 is 21.3 Å². The van der Waals surface area contributed by atoms with Gasteiger partial charge in [0.05, 0.1) is 51.8 Å². The molecule has 0 spiro atoms. The van der Waals surface area contributed by atoms with E-state index >= 15 is 0 Å². The topological polar surface area (TPSA) is 259 Å². The number of ether oxygens (including phenoxy) is 8. The van der Waals surface area contributed by atoms with Crippen LogP contribution in [0.2, 0.25) is 0 Å². The molecule has 0 aliphatic heterocycles. The first-order valence-electron chi connectivity index (χ1n) is 21.0. The molecule has 0 saturated heterocycles. The maximum atomic E-state index is 12.4. The molecule has 0 aromatic rings. The first-order chi connectivity index (χ1) is 28.7. The van der Waals surface area contributed by atoms with Gasteiger partial charge in [-0.3, -0.25) is 28.8 Å². The number of unbranched alkanes of at least 4 members (excludes halogenated alkanes) is 6. The average Bonchev–Trinajstić information content (AvgIpc) is 3.18. The van der Waals surface area contributed by atoms with Gasteiger partial charge in [-0.2, -0.15) is 0 Å². The Morgan fingerprint density at radius 3 is 1.18 bits per heavy atom. The molecule has 4 amide bonds. The van der Waals surface area contributed by atoms with Gasteiger partial charge in [0.2, 0.25) is 23.7 Å². The van der Waals surface area contributed by atoms with Gasteiger partial charge in [0.25, 0.3) is 0 Å². The molecule has 346 valence electrons. The van der Waals surface area contributed by atoms with Crippen molar-refractivity contribution >= 4 is 47.9 Å². The molecule has 0 saturated carbocycles. The molecule has 0 aliphatic carbocycles. The minimum atomic E-state index is -1.65. The highest BCUT2D eigenvalue weighted by molar-refractivity contribution is 6.14. The number of rotatable bonds is 34. The van der Waals surface area contributed by atoms with Crippen molar-refractivity contribution in [2.75, 3.05) is 72.4 Å². The summed E-state index contributed by atoms with van der Waals surface area (Å²) < 4.78 is 41.3. The Hall–Kier alpha value is -4.72. The lowest BCUT2D eigenvalue weighted by Crippen LogP contribution is -2.42. The number of amides is 4. The van der Waals surface area contributed by atoms with Crippen molar-refractivity contribution in [2.24, 2.45) is 11.8 Å². The zero-order chi connectivity index (χ0) is 45.1. The van der Waals surface area contributed by atoms with Crippen molar-refractivity contribution in [3.8, 4) is 0 Å². The second-order valence-corrected chi connectivity index (χ2v) is 13.6. The third kappa shape index (κ3) is 27.1. The van der Waals surface area contributed by atoms with Gasteiger partial charge in [-0.25, -0.2) is 9.59 Å². The largest absolute Gasteiger partial charge is 0.465 e. The van der Waals surface area contributed by atoms with Crippen LogP contribution in [-0.4, -0.2) is 139 Å². The summed E-state index contributed by atoms with van der Waals surface area (Å²) in [6, 6.07) is 0. The van der Waals surface area contributed by atoms with E-state index in [9.17, 15) is 38.4 Å². The molecule has 0 radical (unpaired) electrons. The Balaban J connectivity index is 3.97. The summed E-state index contributed by atoms with van der Waals surface area (Å²) in [6.45, 7) is 13.8. The molecule has 4 N–H and O–H groups in total. The molecule has 60 heavy (non-hydrogen) atoms. The van der Waals surface area contributed by atoms with Crippen LogP contribution in [0.5, 0.6) is 0 Å². The van der Waals surface area contributed by atoms with E-state index in [0.717, 1.165) is 25.7 Å². The van der Waals surface area contributed by atoms with Gasteiger partial charge >= 0.3 is 36.1 Å². The zero-order valence-electron chi connectivity index (χ0n) is 36.6. The summed E-state index contributed by atoms with van der Waals surface area (Å²) in [4.78, 5) is 97.0. The number of carbonyl (C=O) groups is 8. The quantitative estimate of drug-likeness (QED) is 0.0314. The van der Waals surface area contributed by atoms with Crippen LogP contribution in [0.3, 0.4) is 0 Å². The molecule has 0 aromatic heterocycles. The first-order valence-corrected chi connectivity index (χ1v) is 21.0. The van der Waals surface area contributed by atoms with E-state index in [1.54, 1.807) is 41.5 Å². The highest BCUT2D eigenvalue weighted by Gasteiger charge is 2.37. The fraction of sp³-hybridized carbons (Fsp3) is 0.800. The standard InChI is InChI=1S/C40H70N4O16/c1-8-53-35(47)31(36(48)54-9-2)33(45)41-21-16-12-14-18-23-43-39(51)59-27-30(7)58-26-29(6)57-25-20-28(5)60-40(52)44-24-19-15-13-17-22-42-34(46)32(37(49)55-10-3)38(50)56-11-4/h28-32H,8-27H2,1-7H3,(H,41,45)(H,42,46)(H,43,51)(H,44,52). The number of esters is 4. The number of hydrogen-bond donors (Lipinski definition) is 4. The van der Waals surface area contributed by atoms with Crippen molar-refractivity contribution < 1.29 is 76.3 Å². The average molecular weight is 863 g/mol. The Morgan fingerprint density at radius 1 is 0.417 bits per heavy atom. The smallest absolute Gasteiger partial charge is 0.407 e. The summed E-state index contributed by atoms with van der Waals surface area (Å²) >= 11 is 0. The van der Waals surface area contributed by atoms with Crippen LogP contribution in [0.25, 0.3) is 0 Å². The number of nitrogens with one attached hydrogen (secondary N) is 4. The van der Waals surface area contributed by atoms with E-state index < -0.39 is 59.7 Å². The van der Waals surface area contributed by atoms with Gasteiger partial charge < -0.3 is 59.2 Å². The zero-order valence-corrected chi connectivity index (χ0v) is 36.6. The number of alkyl carbamates (subject to hydrolysis) is 2. The molecule has 0 rings (SSSR count). The summed E-state index contributed by atoms with van der Waals surface area (Å²) in [6.07, 6.45) is 4.00. The monoisotopic (exact) mass is 862 g/mol. The fourth-order valence-electron chi connectivity index (χ4n) is 5.10. The number of carbonyl (C=O) groups excluding carboxylic acids is 8. The van der Waals surface area contributed by atoms with E-state index in [0.29, 0.717) is 51.8 Å². The minimum absolute atomic E-state index is 0.0314. The van der Waals surface area contributed by atoms with Gasteiger partial charge in [-0.1, -0.05) is 25.7 Å². The first kappa shape index (κ1) is 55.3. The summed E-state index contributed by atoms with van der Waals surface area (Å²) in [5.41, 5.74) is 0. The van der Waals surface area contributed by atoms with Crippen molar-refractivity contribution in [1.29, 1.82) is 0 Å². The molecular formula is C40H70N4O16. The Labute approximate surface area is 353 Å². The predicted octanol–water partition coefficient (Wildman–Crippen LogP) is 2.87. The van der Waals surface area contributed by atoms with Crippen molar-refractivity contribution in [2.45, 2.75) is 125 Å². The molecule has 20 nitrogen and oxygen atoms in total. The van der Waals surface area contributed by atoms with E-state index in [-0.39, 0.29) is 71.0 Å². The molecule has 3 unspecified atom stereocenters. The summed E-state index contributed by atoms with van der Waals surface area (Å²) in [7, 11) is 0. The highest BCUT2D eigenvalue weighted by Crippen LogP contribution is 2.08. The lowest BCUT2D eigenvalue weighted by molar-refractivity contribution is -0.167. The van der Waals surface area contributed by atoms with Gasteiger partial charge in [-0.15, -0.1) is 0 Å². The van der Waals surface area contributed by atoms with E-state index in [2.05, 4.69) is 21.3 Å². The normalized spacial score (nSPS) is 12.3.